The van der Waals surface area contributed by atoms with E-state index in [1.807, 2.05) is 14.0 Å². The number of nitrogens with one attached hydrogen (secondary N) is 2. The monoisotopic (exact) mass is 282 g/mol. The van der Waals surface area contributed by atoms with Gasteiger partial charge in [-0.05, 0) is 27.2 Å². The molecule has 1 heterocycles. The number of guanidine groups is 1. The predicted octanol–water partition coefficient (Wildman–Crippen LogP) is 1.23. The summed E-state index contributed by atoms with van der Waals surface area (Å²) in [6, 6.07) is 0. The van der Waals surface area contributed by atoms with Gasteiger partial charge in [0.25, 0.3) is 0 Å². The van der Waals surface area contributed by atoms with E-state index >= 15 is 0 Å². The topological polar surface area (TPSA) is 48.9 Å². The van der Waals surface area contributed by atoms with Gasteiger partial charge in [0.2, 0.25) is 0 Å². The molecule has 0 atom stereocenters. The average Bonchev–Trinajstić information content (AvgIpc) is 2.47. The number of morpholine rings is 1. The van der Waals surface area contributed by atoms with Crippen LogP contribution in [0.5, 0.6) is 0 Å². The first-order valence-electron chi connectivity index (χ1n) is 7.48. The number of aliphatic imine (C=N–C) groups is 1. The van der Waals surface area contributed by atoms with Crippen LogP contribution in [0.25, 0.3) is 0 Å². The van der Waals surface area contributed by atoms with Gasteiger partial charge in [-0.15, -0.1) is 0 Å². The van der Waals surface area contributed by atoms with Crippen LogP contribution in [0.1, 0.15) is 27.2 Å². The highest BCUT2D eigenvalue weighted by atomic mass is 16.5. The number of rotatable bonds is 6. The second kappa shape index (κ2) is 8.97. The lowest BCUT2D eigenvalue weighted by Crippen LogP contribution is -2.56. The fourth-order valence-electron chi connectivity index (χ4n) is 2.24. The van der Waals surface area contributed by atoms with Crippen LogP contribution in [0.2, 0.25) is 0 Å². The molecule has 116 valence electrons. The Morgan fingerprint density at radius 2 is 2.00 bits per heavy atom. The van der Waals surface area contributed by atoms with Gasteiger partial charge >= 0.3 is 0 Å². The maximum Gasteiger partial charge on any atom is 0.191 e. The maximum absolute atomic E-state index is 5.41. The quantitative estimate of drug-likeness (QED) is 0.333. The Balaban J connectivity index is 2.34. The molecule has 0 aliphatic carbocycles. The molecule has 0 saturated carbocycles. The van der Waals surface area contributed by atoms with Gasteiger partial charge in [0.15, 0.2) is 5.96 Å². The molecule has 0 aromatic heterocycles. The first-order chi connectivity index (χ1) is 9.60. The van der Waals surface area contributed by atoms with Crippen molar-refractivity contribution >= 4 is 5.96 Å². The highest BCUT2D eigenvalue weighted by molar-refractivity contribution is 5.79. The van der Waals surface area contributed by atoms with Crippen molar-refractivity contribution in [1.29, 1.82) is 0 Å². The van der Waals surface area contributed by atoms with Gasteiger partial charge in [-0.1, -0.05) is 12.2 Å². The van der Waals surface area contributed by atoms with E-state index in [4.69, 9.17) is 4.74 Å². The normalized spacial score (nSPS) is 18.5. The van der Waals surface area contributed by atoms with Gasteiger partial charge in [-0.25, -0.2) is 0 Å². The van der Waals surface area contributed by atoms with Crippen LogP contribution in [0.4, 0.5) is 0 Å². The first kappa shape index (κ1) is 17.0. The van der Waals surface area contributed by atoms with Crippen LogP contribution in [0.15, 0.2) is 17.1 Å². The molecule has 1 fully saturated rings. The zero-order chi connectivity index (χ0) is 14.8. The summed E-state index contributed by atoms with van der Waals surface area (Å²) in [5, 5.41) is 6.74. The van der Waals surface area contributed by atoms with Crippen LogP contribution in [-0.4, -0.2) is 62.8 Å². The van der Waals surface area contributed by atoms with Crippen molar-refractivity contribution in [3.8, 4) is 0 Å². The van der Waals surface area contributed by atoms with Gasteiger partial charge in [0, 0.05) is 38.8 Å². The Morgan fingerprint density at radius 1 is 1.30 bits per heavy atom. The second-order valence-electron chi connectivity index (χ2n) is 5.62. The lowest BCUT2D eigenvalue weighted by molar-refractivity contribution is -0.00833. The molecule has 0 aromatic rings. The zero-order valence-corrected chi connectivity index (χ0v) is 13.4. The molecular formula is C15H30N4O. The van der Waals surface area contributed by atoms with Crippen molar-refractivity contribution in [2.45, 2.75) is 32.7 Å². The number of nitrogens with zero attached hydrogens (tertiary/aromatic N) is 2. The third kappa shape index (κ3) is 5.92. The van der Waals surface area contributed by atoms with E-state index in [0.29, 0.717) is 0 Å². The van der Waals surface area contributed by atoms with E-state index in [2.05, 4.69) is 46.5 Å². The van der Waals surface area contributed by atoms with Gasteiger partial charge < -0.3 is 15.4 Å². The highest BCUT2D eigenvalue weighted by Crippen LogP contribution is 2.14. The third-order valence-electron chi connectivity index (χ3n) is 3.62. The van der Waals surface area contributed by atoms with Crippen LogP contribution < -0.4 is 10.6 Å². The van der Waals surface area contributed by atoms with Crippen molar-refractivity contribution in [1.82, 2.24) is 15.5 Å². The van der Waals surface area contributed by atoms with Gasteiger partial charge in [-0.3, -0.25) is 9.89 Å². The minimum atomic E-state index is 0.102. The van der Waals surface area contributed by atoms with Crippen molar-refractivity contribution in [3.05, 3.63) is 12.2 Å². The highest BCUT2D eigenvalue weighted by Gasteiger charge is 2.28. The summed E-state index contributed by atoms with van der Waals surface area (Å²) in [5.41, 5.74) is 0.102. The molecule has 2 N–H and O–H groups in total. The largest absolute Gasteiger partial charge is 0.379 e. The fourth-order valence-corrected chi connectivity index (χ4v) is 2.24. The lowest BCUT2D eigenvalue weighted by Gasteiger charge is -2.41. The van der Waals surface area contributed by atoms with Crippen LogP contribution in [0, 0.1) is 0 Å². The van der Waals surface area contributed by atoms with Crippen LogP contribution in [0.3, 0.4) is 0 Å². The molecule has 0 spiro atoms. The number of ether oxygens (including phenoxy) is 1. The average molecular weight is 282 g/mol. The van der Waals surface area contributed by atoms with E-state index in [-0.39, 0.29) is 5.54 Å². The molecule has 20 heavy (non-hydrogen) atoms. The van der Waals surface area contributed by atoms with E-state index in [9.17, 15) is 0 Å². The van der Waals surface area contributed by atoms with E-state index in [1.165, 1.54) is 0 Å². The molecule has 5 nitrogen and oxygen atoms in total. The molecular weight excluding hydrogens is 252 g/mol. The molecule has 0 amide bonds. The smallest absolute Gasteiger partial charge is 0.191 e. The Morgan fingerprint density at radius 3 is 2.60 bits per heavy atom. The fraction of sp³-hybridized carbons (Fsp3) is 0.800. The van der Waals surface area contributed by atoms with E-state index < -0.39 is 0 Å². The molecule has 0 aromatic carbocycles. The standard InChI is InChI=1S/C15H30N4O/c1-5-6-7-8-17-14(16-4)18-13-15(2,3)19-9-11-20-12-10-19/h5-6H,7-13H2,1-4H3,(H2,16,17,18). The van der Waals surface area contributed by atoms with Gasteiger partial charge in [0.05, 0.1) is 13.2 Å². The number of allylic oxidation sites excluding steroid dienone is 1. The van der Waals surface area contributed by atoms with Crippen molar-refractivity contribution in [3.63, 3.8) is 0 Å². The summed E-state index contributed by atoms with van der Waals surface area (Å²) in [5.74, 6) is 0.871. The summed E-state index contributed by atoms with van der Waals surface area (Å²) >= 11 is 0. The minimum Gasteiger partial charge on any atom is -0.379 e. The Kier molecular flexibility index (Phi) is 7.62. The Hall–Kier alpha value is -1.07. The number of hydrogen-bond donors (Lipinski definition) is 2. The minimum absolute atomic E-state index is 0.102. The van der Waals surface area contributed by atoms with Gasteiger partial charge in [-0.2, -0.15) is 0 Å². The van der Waals surface area contributed by atoms with Crippen LogP contribution in [-0.2, 0) is 4.74 Å². The summed E-state index contributed by atoms with van der Waals surface area (Å²) in [6.07, 6.45) is 5.24. The summed E-state index contributed by atoms with van der Waals surface area (Å²) in [4.78, 5) is 6.73. The summed E-state index contributed by atoms with van der Waals surface area (Å²) in [7, 11) is 1.81. The van der Waals surface area contributed by atoms with E-state index in [0.717, 1.165) is 51.8 Å². The predicted molar refractivity (Wildman–Crippen MR) is 85.3 cm³/mol. The molecule has 1 rings (SSSR count). The van der Waals surface area contributed by atoms with E-state index in [1.54, 1.807) is 0 Å². The zero-order valence-electron chi connectivity index (χ0n) is 13.4. The van der Waals surface area contributed by atoms with Crippen molar-refractivity contribution < 1.29 is 4.74 Å². The second-order valence-corrected chi connectivity index (χ2v) is 5.62. The molecule has 5 heteroatoms. The molecule has 0 bridgehead atoms. The first-order valence-corrected chi connectivity index (χ1v) is 7.48. The molecule has 1 aliphatic rings. The SMILES string of the molecule is CC=CCCNC(=NC)NCC(C)(C)N1CCOCC1. The maximum atomic E-state index is 5.41. The van der Waals surface area contributed by atoms with Crippen molar-refractivity contribution in [2.24, 2.45) is 4.99 Å². The Labute approximate surface area is 123 Å². The summed E-state index contributed by atoms with van der Waals surface area (Å²) in [6.45, 7) is 12.0. The molecule has 1 saturated heterocycles. The molecule has 1 aliphatic heterocycles. The van der Waals surface area contributed by atoms with Crippen LogP contribution >= 0.6 is 0 Å². The molecule has 0 unspecified atom stereocenters. The summed E-state index contributed by atoms with van der Waals surface area (Å²) < 4.78 is 5.41. The van der Waals surface area contributed by atoms with Crippen molar-refractivity contribution in [2.75, 3.05) is 46.4 Å². The Bertz CT molecular complexity index is 320. The van der Waals surface area contributed by atoms with Gasteiger partial charge in [0.1, 0.15) is 0 Å². The number of hydrogen-bond acceptors (Lipinski definition) is 3. The third-order valence-corrected chi connectivity index (χ3v) is 3.62. The molecule has 0 radical (unpaired) electrons. The lowest BCUT2D eigenvalue weighted by atomic mass is 10.0.